The maximum Gasteiger partial charge on any atom is 0.272 e. The summed E-state index contributed by atoms with van der Waals surface area (Å²) in [5.74, 6) is -0.0777. The van der Waals surface area contributed by atoms with Gasteiger partial charge in [0.2, 0.25) is 0 Å². The second-order valence-electron chi connectivity index (χ2n) is 3.48. The normalized spacial score (nSPS) is 19.0. The fourth-order valence-electron chi connectivity index (χ4n) is 1.93. The number of aldehydes is 1. The molecule has 0 unspecified atom stereocenters. The molecule has 0 amide bonds. The third kappa shape index (κ3) is 1.28. The molecule has 1 aromatic carbocycles. The number of nitro groups is 1. The molecule has 1 aliphatic carbocycles. The molecule has 0 saturated carbocycles. The zero-order chi connectivity index (χ0) is 10.1. The largest absolute Gasteiger partial charge is 0.303 e. The van der Waals surface area contributed by atoms with Crippen LogP contribution in [0.2, 0.25) is 0 Å². The molecule has 4 nitrogen and oxygen atoms in total. The van der Waals surface area contributed by atoms with Gasteiger partial charge in [-0.3, -0.25) is 10.1 Å². The average Bonchev–Trinajstić information content (AvgIpc) is 2.59. The van der Waals surface area contributed by atoms with Gasteiger partial charge >= 0.3 is 0 Å². The van der Waals surface area contributed by atoms with Crippen LogP contribution in [-0.4, -0.2) is 11.2 Å². The Hall–Kier alpha value is -1.71. The quantitative estimate of drug-likeness (QED) is 0.404. The van der Waals surface area contributed by atoms with Crippen molar-refractivity contribution >= 4 is 12.0 Å². The van der Waals surface area contributed by atoms with Gasteiger partial charge in [-0.2, -0.15) is 0 Å². The van der Waals surface area contributed by atoms with Crippen LogP contribution in [0.5, 0.6) is 0 Å². The van der Waals surface area contributed by atoms with E-state index in [-0.39, 0.29) is 16.5 Å². The van der Waals surface area contributed by atoms with E-state index in [9.17, 15) is 14.9 Å². The number of carbonyl (C=O) groups is 1. The van der Waals surface area contributed by atoms with E-state index in [4.69, 9.17) is 0 Å². The highest BCUT2D eigenvalue weighted by Crippen LogP contribution is 2.32. The Morgan fingerprint density at radius 2 is 2.21 bits per heavy atom. The van der Waals surface area contributed by atoms with Gasteiger partial charge in [0, 0.05) is 17.5 Å². The summed E-state index contributed by atoms with van der Waals surface area (Å²) in [6.07, 6.45) is 2.03. The Kier molecular flexibility index (Phi) is 2.04. The summed E-state index contributed by atoms with van der Waals surface area (Å²) < 4.78 is 0. The average molecular weight is 191 g/mol. The summed E-state index contributed by atoms with van der Waals surface area (Å²) in [4.78, 5) is 20.9. The van der Waals surface area contributed by atoms with Crippen molar-refractivity contribution in [2.45, 2.75) is 12.8 Å². The SMILES string of the molecule is O=C[C@@H]1Cc2cccc([N+](=O)[O-])c2C1. The van der Waals surface area contributed by atoms with E-state index in [1.165, 1.54) is 6.07 Å². The van der Waals surface area contributed by atoms with Gasteiger partial charge in [0.25, 0.3) is 5.69 Å². The lowest BCUT2D eigenvalue weighted by Crippen LogP contribution is -2.00. The first-order valence-electron chi connectivity index (χ1n) is 4.43. The number of rotatable bonds is 2. The molecule has 0 radical (unpaired) electrons. The lowest BCUT2D eigenvalue weighted by Gasteiger charge is -1.98. The molecule has 0 aromatic heterocycles. The van der Waals surface area contributed by atoms with Crippen LogP contribution >= 0.6 is 0 Å². The molecule has 1 atom stereocenters. The second kappa shape index (κ2) is 3.21. The summed E-state index contributed by atoms with van der Waals surface area (Å²) in [6.45, 7) is 0. The Labute approximate surface area is 80.7 Å². The van der Waals surface area contributed by atoms with Crippen LogP contribution in [-0.2, 0) is 17.6 Å². The topological polar surface area (TPSA) is 60.2 Å². The van der Waals surface area contributed by atoms with E-state index >= 15 is 0 Å². The van der Waals surface area contributed by atoms with E-state index in [1.807, 2.05) is 6.07 Å². The number of fused-ring (bicyclic) bond motifs is 1. The number of nitrogens with zero attached hydrogens (tertiary/aromatic N) is 1. The van der Waals surface area contributed by atoms with Gasteiger partial charge in [0.05, 0.1) is 4.92 Å². The second-order valence-corrected chi connectivity index (χ2v) is 3.48. The van der Waals surface area contributed by atoms with Gasteiger partial charge in [-0.1, -0.05) is 12.1 Å². The highest BCUT2D eigenvalue weighted by atomic mass is 16.6. The molecule has 1 aromatic rings. The van der Waals surface area contributed by atoms with Gasteiger partial charge in [-0.15, -0.1) is 0 Å². The molecule has 0 N–H and O–H groups in total. The molecule has 0 saturated heterocycles. The Morgan fingerprint density at radius 3 is 2.86 bits per heavy atom. The molecular formula is C10H9NO3. The first-order chi connectivity index (χ1) is 6.72. The number of hydrogen-bond donors (Lipinski definition) is 0. The zero-order valence-corrected chi connectivity index (χ0v) is 7.47. The molecule has 0 heterocycles. The van der Waals surface area contributed by atoms with Crippen LogP contribution in [0.25, 0.3) is 0 Å². The van der Waals surface area contributed by atoms with Crippen molar-refractivity contribution in [1.29, 1.82) is 0 Å². The van der Waals surface area contributed by atoms with Crippen LogP contribution in [0, 0.1) is 16.0 Å². The summed E-state index contributed by atoms with van der Waals surface area (Å²) in [5, 5.41) is 10.7. The minimum atomic E-state index is -0.383. The fraction of sp³-hybridized carbons (Fsp3) is 0.300. The third-order valence-electron chi connectivity index (χ3n) is 2.59. The molecule has 0 fully saturated rings. The predicted octanol–water partition coefficient (Wildman–Crippen LogP) is 1.51. The third-order valence-corrected chi connectivity index (χ3v) is 2.59. The maximum absolute atomic E-state index is 10.7. The van der Waals surface area contributed by atoms with Gasteiger partial charge in [0.15, 0.2) is 0 Å². The maximum atomic E-state index is 10.7. The molecule has 1 aliphatic rings. The van der Waals surface area contributed by atoms with Crippen LogP contribution in [0.3, 0.4) is 0 Å². The summed E-state index contributed by atoms with van der Waals surface area (Å²) >= 11 is 0. The van der Waals surface area contributed by atoms with Crippen molar-refractivity contribution in [2.24, 2.45) is 5.92 Å². The van der Waals surface area contributed by atoms with Crippen molar-refractivity contribution in [3.05, 3.63) is 39.4 Å². The molecule has 4 heteroatoms. The minimum Gasteiger partial charge on any atom is -0.303 e. The van der Waals surface area contributed by atoms with Crippen molar-refractivity contribution in [3.8, 4) is 0 Å². The smallest absolute Gasteiger partial charge is 0.272 e. The lowest BCUT2D eigenvalue weighted by molar-refractivity contribution is -0.385. The van der Waals surface area contributed by atoms with E-state index in [0.29, 0.717) is 12.8 Å². The number of nitro benzene ring substituents is 1. The zero-order valence-electron chi connectivity index (χ0n) is 7.47. The Morgan fingerprint density at radius 1 is 1.43 bits per heavy atom. The van der Waals surface area contributed by atoms with E-state index < -0.39 is 0 Å². The van der Waals surface area contributed by atoms with Crippen molar-refractivity contribution in [1.82, 2.24) is 0 Å². The van der Waals surface area contributed by atoms with E-state index in [1.54, 1.807) is 6.07 Å². The van der Waals surface area contributed by atoms with Crippen LogP contribution < -0.4 is 0 Å². The monoisotopic (exact) mass is 191 g/mol. The number of benzene rings is 1. The summed E-state index contributed by atoms with van der Waals surface area (Å²) in [6, 6.07) is 5.02. The Bertz CT molecular complexity index is 400. The van der Waals surface area contributed by atoms with Crippen molar-refractivity contribution < 1.29 is 9.72 Å². The number of carbonyl (C=O) groups excluding carboxylic acids is 1. The molecule has 0 spiro atoms. The highest BCUT2D eigenvalue weighted by Gasteiger charge is 2.27. The fourth-order valence-corrected chi connectivity index (χ4v) is 1.93. The Balaban J connectivity index is 2.46. The summed E-state index contributed by atoms with van der Waals surface area (Å²) in [5.41, 5.74) is 1.82. The predicted molar refractivity (Wildman–Crippen MR) is 50.1 cm³/mol. The van der Waals surface area contributed by atoms with E-state index in [0.717, 1.165) is 17.4 Å². The molecule has 72 valence electrons. The first kappa shape index (κ1) is 8.87. The standard InChI is InChI=1S/C10H9NO3/c12-6-7-4-8-2-1-3-10(11(13)14)9(8)5-7/h1-3,6-7H,4-5H2/t7-/m1/s1. The molecule has 2 rings (SSSR count). The van der Waals surface area contributed by atoms with Crippen LogP contribution in [0.15, 0.2) is 18.2 Å². The summed E-state index contributed by atoms with van der Waals surface area (Å²) in [7, 11) is 0. The van der Waals surface area contributed by atoms with Gasteiger partial charge in [-0.25, -0.2) is 0 Å². The lowest BCUT2D eigenvalue weighted by atomic mass is 10.1. The van der Waals surface area contributed by atoms with Gasteiger partial charge < -0.3 is 4.79 Å². The molecular weight excluding hydrogens is 182 g/mol. The number of hydrogen-bond acceptors (Lipinski definition) is 3. The van der Waals surface area contributed by atoms with Gasteiger partial charge in [0.1, 0.15) is 6.29 Å². The van der Waals surface area contributed by atoms with Gasteiger partial charge in [-0.05, 0) is 18.4 Å². The molecule has 0 bridgehead atoms. The highest BCUT2D eigenvalue weighted by molar-refractivity contribution is 5.61. The van der Waals surface area contributed by atoms with Crippen LogP contribution in [0.1, 0.15) is 11.1 Å². The van der Waals surface area contributed by atoms with Crippen molar-refractivity contribution in [3.63, 3.8) is 0 Å². The van der Waals surface area contributed by atoms with Crippen LogP contribution in [0.4, 0.5) is 5.69 Å². The van der Waals surface area contributed by atoms with E-state index in [2.05, 4.69) is 0 Å². The van der Waals surface area contributed by atoms with Crippen molar-refractivity contribution in [2.75, 3.05) is 0 Å². The first-order valence-corrected chi connectivity index (χ1v) is 4.43. The molecule has 14 heavy (non-hydrogen) atoms. The minimum absolute atomic E-state index is 0.0777. The molecule has 0 aliphatic heterocycles.